The van der Waals surface area contributed by atoms with Crippen LogP contribution in [0.2, 0.25) is 0 Å². The number of nitrogens with zero attached hydrogens (tertiary/aromatic N) is 2. The Bertz CT molecular complexity index is 344. The van der Waals surface area contributed by atoms with Crippen molar-refractivity contribution in [3.05, 3.63) is 16.6 Å². The largest absolute Gasteiger partial charge is 0.338 e. The van der Waals surface area contributed by atoms with Crippen LogP contribution in [0.15, 0.2) is 11.6 Å². The van der Waals surface area contributed by atoms with Crippen molar-refractivity contribution in [3.63, 3.8) is 0 Å². The standard InChI is InChI=1S/C11H17N3OS.2ClH/c1-14(8-10-13-4-5-16-10)11(15)7-12-6-9-2-3-9;;/h4-5,9,12H,2-3,6-8H2,1H3;2*1H. The number of amides is 1. The second-order valence-corrected chi connectivity index (χ2v) is 5.23. The number of hydrogen-bond donors (Lipinski definition) is 1. The van der Waals surface area contributed by atoms with Crippen LogP contribution in [0.3, 0.4) is 0 Å². The third kappa shape index (κ3) is 6.00. The molecule has 1 aromatic rings. The molecule has 0 atom stereocenters. The highest BCUT2D eigenvalue weighted by molar-refractivity contribution is 7.09. The first-order chi connectivity index (χ1) is 7.75. The van der Waals surface area contributed by atoms with Crippen LogP contribution in [0.25, 0.3) is 0 Å². The Balaban J connectivity index is 0.00000144. The normalized spacial score (nSPS) is 13.4. The molecular formula is C11H19Cl2N3OS. The highest BCUT2D eigenvalue weighted by atomic mass is 35.5. The zero-order chi connectivity index (χ0) is 11.4. The predicted octanol–water partition coefficient (Wildman–Crippen LogP) is 1.94. The molecule has 2 rings (SSSR count). The fourth-order valence-corrected chi connectivity index (χ4v) is 2.13. The first kappa shape index (κ1) is 17.6. The minimum atomic E-state index is 0. The third-order valence-corrected chi connectivity index (χ3v) is 3.45. The minimum Gasteiger partial charge on any atom is -0.338 e. The number of likely N-dealkylation sites (N-methyl/N-ethyl adjacent to an activating group) is 1. The van der Waals surface area contributed by atoms with E-state index in [1.165, 1.54) is 12.8 Å². The molecule has 4 nitrogen and oxygen atoms in total. The van der Waals surface area contributed by atoms with Crippen LogP contribution in [-0.2, 0) is 11.3 Å². The molecule has 1 saturated carbocycles. The zero-order valence-corrected chi connectivity index (χ0v) is 12.7. The molecule has 1 aliphatic rings. The Labute approximate surface area is 124 Å². The number of aromatic nitrogens is 1. The van der Waals surface area contributed by atoms with E-state index < -0.39 is 0 Å². The molecule has 104 valence electrons. The fourth-order valence-electron chi connectivity index (χ4n) is 1.46. The van der Waals surface area contributed by atoms with Crippen LogP contribution in [-0.4, -0.2) is 35.9 Å². The second kappa shape index (κ2) is 8.69. The molecule has 1 aromatic heterocycles. The number of carbonyl (C=O) groups excluding carboxylic acids is 1. The molecule has 1 heterocycles. The van der Waals surface area contributed by atoms with Gasteiger partial charge in [-0.2, -0.15) is 0 Å². The van der Waals surface area contributed by atoms with Gasteiger partial charge in [0.2, 0.25) is 5.91 Å². The highest BCUT2D eigenvalue weighted by Gasteiger charge is 2.21. The van der Waals surface area contributed by atoms with Gasteiger partial charge in [-0.1, -0.05) is 0 Å². The Morgan fingerprint density at radius 2 is 2.28 bits per heavy atom. The summed E-state index contributed by atoms with van der Waals surface area (Å²) in [6, 6.07) is 0. The van der Waals surface area contributed by atoms with Crippen molar-refractivity contribution in [2.45, 2.75) is 19.4 Å². The van der Waals surface area contributed by atoms with Gasteiger partial charge in [0.15, 0.2) is 0 Å². The SMILES string of the molecule is CN(Cc1nccs1)C(=O)CNCC1CC1.Cl.Cl. The second-order valence-electron chi connectivity index (χ2n) is 4.25. The van der Waals surface area contributed by atoms with Crippen LogP contribution in [0.5, 0.6) is 0 Å². The van der Waals surface area contributed by atoms with Crippen LogP contribution in [0.4, 0.5) is 0 Å². The highest BCUT2D eigenvalue weighted by Crippen LogP contribution is 2.27. The van der Waals surface area contributed by atoms with Gasteiger partial charge in [-0.05, 0) is 25.3 Å². The number of hydrogen-bond acceptors (Lipinski definition) is 4. The molecular weight excluding hydrogens is 293 g/mol. The van der Waals surface area contributed by atoms with E-state index in [2.05, 4.69) is 10.3 Å². The van der Waals surface area contributed by atoms with Crippen LogP contribution < -0.4 is 5.32 Å². The molecule has 0 bridgehead atoms. The Kier molecular flexibility index (Phi) is 8.52. The molecule has 0 saturated heterocycles. The van der Waals surface area contributed by atoms with Crippen LogP contribution in [0.1, 0.15) is 17.8 Å². The van der Waals surface area contributed by atoms with Gasteiger partial charge in [-0.15, -0.1) is 36.2 Å². The number of halogens is 2. The van der Waals surface area contributed by atoms with E-state index in [1.54, 1.807) is 22.4 Å². The molecule has 0 radical (unpaired) electrons. The maximum Gasteiger partial charge on any atom is 0.236 e. The lowest BCUT2D eigenvalue weighted by Crippen LogP contribution is -2.35. The number of rotatable bonds is 6. The van der Waals surface area contributed by atoms with Gasteiger partial charge < -0.3 is 10.2 Å². The number of nitrogens with one attached hydrogen (secondary N) is 1. The Morgan fingerprint density at radius 1 is 1.56 bits per heavy atom. The predicted molar refractivity (Wildman–Crippen MR) is 78.7 cm³/mol. The monoisotopic (exact) mass is 311 g/mol. The van der Waals surface area contributed by atoms with E-state index in [-0.39, 0.29) is 30.7 Å². The summed E-state index contributed by atoms with van der Waals surface area (Å²) < 4.78 is 0. The zero-order valence-electron chi connectivity index (χ0n) is 10.3. The molecule has 0 spiro atoms. The van der Waals surface area contributed by atoms with Gasteiger partial charge in [0.05, 0.1) is 13.1 Å². The third-order valence-electron chi connectivity index (χ3n) is 2.69. The lowest BCUT2D eigenvalue weighted by Gasteiger charge is -2.15. The Hall–Kier alpha value is -0.360. The average Bonchev–Trinajstić information content (AvgIpc) is 2.95. The lowest BCUT2D eigenvalue weighted by atomic mass is 10.4. The van der Waals surface area contributed by atoms with E-state index in [9.17, 15) is 4.79 Å². The van der Waals surface area contributed by atoms with Gasteiger partial charge in [-0.3, -0.25) is 4.79 Å². The van der Waals surface area contributed by atoms with Gasteiger partial charge in [0.1, 0.15) is 5.01 Å². The smallest absolute Gasteiger partial charge is 0.236 e. The topological polar surface area (TPSA) is 45.2 Å². The molecule has 7 heteroatoms. The summed E-state index contributed by atoms with van der Waals surface area (Å²) in [5, 5.41) is 6.11. The minimum absolute atomic E-state index is 0. The summed E-state index contributed by atoms with van der Waals surface area (Å²) in [5.41, 5.74) is 0. The van der Waals surface area contributed by atoms with E-state index in [0.29, 0.717) is 13.1 Å². The molecule has 0 aliphatic heterocycles. The van der Waals surface area contributed by atoms with Crippen LogP contribution in [0, 0.1) is 5.92 Å². The lowest BCUT2D eigenvalue weighted by molar-refractivity contribution is -0.129. The summed E-state index contributed by atoms with van der Waals surface area (Å²) in [7, 11) is 1.82. The maximum atomic E-state index is 11.7. The molecule has 0 aromatic carbocycles. The van der Waals surface area contributed by atoms with Crippen molar-refractivity contribution >= 4 is 42.1 Å². The van der Waals surface area contributed by atoms with E-state index in [1.807, 2.05) is 12.4 Å². The first-order valence-corrected chi connectivity index (χ1v) is 6.46. The molecule has 1 aliphatic carbocycles. The fraction of sp³-hybridized carbons (Fsp3) is 0.636. The summed E-state index contributed by atoms with van der Waals surface area (Å²) in [6.07, 6.45) is 4.40. The van der Waals surface area contributed by atoms with E-state index in [4.69, 9.17) is 0 Å². The van der Waals surface area contributed by atoms with E-state index >= 15 is 0 Å². The molecule has 1 amide bonds. The van der Waals surface area contributed by atoms with Crippen molar-refractivity contribution in [2.75, 3.05) is 20.1 Å². The van der Waals surface area contributed by atoms with Crippen LogP contribution >= 0.6 is 36.2 Å². The van der Waals surface area contributed by atoms with Crippen molar-refractivity contribution in [2.24, 2.45) is 5.92 Å². The summed E-state index contributed by atoms with van der Waals surface area (Å²) >= 11 is 1.58. The van der Waals surface area contributed by atoms with Gasteiger partial charge >= 0.3 is 0 Å². The summed E-state index contributed by atoms with van der Waals surface area (Å²) in [6.45, 7) is 2.04. The van der Waals surface area contributed by atoms with E-state index in [0.717, 1.165) is 17.5 Å². The molecule has 1 N–H and O–H groups in total. The average molecular weight is 312 g/mol. The van der Waals surface area contributed by atoms with Gasteiger partial charge in [-0.25, -0.2) is 4.98 Å². The molecule has 0 unspecified atom stereocenters. The van der Waals surface area contributed by atoms with Gasteiger partial charge in [0.25, 0.3) is 0 Å². The van der Waals surface area contributed by atoms with Crippen molar-refractivity contribution in [1.82, 2.24) is 15.2 Å². The molecule has 18 heavy (non-hydrogen) atoms. The number of carbonyl (C=O) groups is 1. The maximum absolute atomic E-state index is 11.7. The van der Waals surface area contributed by atoms with Crippen molar-refractivity contribution in [3.8, 4) is 0 Å². The van der Waals surface area contributed by atoms with Gasteiger partial charge in [0, 0.05) is 18.6 Å². The Morgan fingerprint density at radius 3 is 2.83 bits per heavy atom. The van der Waals surface area contributed by atoms with Crippen molar-refractivity contribution in [1.29, 1.82) is 0 Å². The first-order valence-electron chi connectivity index (χ1n) is 5.59. The summed E-state index contributed by atoms with van der Waals surface area (Å²) in [5.74, 6) is 0.952. The number of thiazole rings is 1. The summed E-state index contributed by atoms with van der Waals surface area (Å²) in [4.78, 5) is 17.6. The molecule has 1 fully saturated rings. The van der Waals surface area contributed by atoms with Crippen molar-refractivity contribution < 1.29 is 4.79 Å². The quantitative estimate of drug-likeness (QED) is 0.873.